The second-order valence-corrected chi connectivity index (χ2v) is 4.13. The summed E-state index contributed by atoms with van der Waals surface area (Å²) in [5.74, 6) is 1.12. The minimum atomic E-state index is -0.695. The van der Waals surface area contributed by atoms with Crippen LogP contribution in [0.4, 0.5) is 16.2 Å². The Morgan fingerprint density at radius 1 is 1.14 bits per heavy atom. The highest BCUT2D eigenvalue weighted by atomic mass is 16.7. The number of carbonyl (C=O) groups is 1. The van der Waals surface area contributed by atoms with Crippen LogP contribution in [0.3, 0.4) is 0 Å². The van der Waals surface area contributed by atoms with Gasteiger partial charge in [0.1, 0.15) is 5.69 Å². The van der Waals surface area contributed by atoms with Gasteiger partial charge in [-0.2, -0.15) is 0 Å². The monoisotopic (exact) mass is 290 g/mol. The van der Waals surface area contributed by atoms with Gasteiger partial charge in [0.05, 0.1) is 0 Å². The highest BCUT2D eigenvalue weighted by molar-refractivity contribution is 5.99. The Morgan fingerprint density at radius 3 is 2.76 bits per heavy atom. The third kappa shape index (κ3) is 2.71. The molecule has 0 atom stereocenters. The maximum Gasteiger partial charge on any atom is 0.325 e. The third-order valence-electron chi connectivity index (χ3n) is 2.70. The van der Waals surface area contributed by atoms with Crippen LogP contribution in [0, 0.1) is 0 Å². The van der Waals surface area contributed by atoms with Crippen molar-refractivity contribution in [3.63, 3.8) is 0 Å². The van der Waals surface area contributed by atoms with E-state index in [1.165, 1.54) is 0 Å². The van der Waals surface area contributed by atoms with Gasteiger partial charge in [0.25, 0.3) is 5.56 Å². The molecule has 0 saturated carbocycles. The van der Waals surface area contributed by atoms with Gasteiger partial charge in [-0.05, 0) is 12.1 Å². The van der Waals surface area contributed by atoms with Crippen molar-refractivity contribution in [3.05, 3.63) is 45.2 Å². The Labute approximate surface area is 116 Å². The molecule has 2 heterocycles. The summed E-state index contributed by atoms with van der Waals surface area (Å²) < 4.78 is 10.3. The number of ether oxygens (including phenoxy) is 2. The topological polar surface area (TPSA) is 125 Å². The maximum atomic E-state index is 11.8. The normalized spacial score (nSPS) is 12.0. The Bertz CT molecular complexity index is 810. The molecule has 0 spiro atoms. The molecule has 4 N–H and O–H groups in total. The molecule has 0 radical (unpaired) electrons. The molecule has 0 aliphatic carbocycles. The summed E-state index contributed by atoms with van der Waals surface area (Å²) in [5.41, 5.74) is -0.952. The third-order valence-corrected chi connectivity index (χ3v) is 2.70. The molecular weight excluding hydrogens is 280 g/mol. The minimum Gasteiger partial charge on any atom is -0.454 e. The molecule has 3 rings (SSSR count). The SMILES string of the molecule is O=C(Nc1ccc2c(c1)OCO2)Nc1c[nH]c(=O)[nH]c1=O. The van der Waals surface area contributed by atoms with E-state index in [0.29, 0.717) is 17.2 Å². The van der Waals surface area contributed by atoms with E-state index in [9.17, 15) is 14.4 Å². The van der Waals surface area contributed by atoms with Crippen LogP contribution in [-0.2, 0) is 0 Å². The van der Waals surface area contributed by atoms with Gasteiger partial charge < -0.3 is 25.1 Å². The summed E-state index contributed by atoms with van der Waals surface area (Å²) in [6.45, 7) is 0.137. The predicted octanol–water partition coefficient (Wildman–Crippen LogP) is 0.436. The number of fused-ring (bicyclic) bond motifs is 1. The van der Waals surface area contributed by atoms with Gasteiger partial charge in [-0.1, -0.05) is 0 Å². The summed E-state index contributed by atoms with van der Waals surface area (Å²) in [5, 5.41) is 4.85. The molecule has 2 aromatic rings. The Balaban J connectivity index is 1.72. The number of carbonyl (C=O) groups excluding carboxylic acids is 1. The lowest BCUT2D eigenvalue weighted by Gasteiger charge is -2.07. The predicted molar refractivity (Wildman–Crippen MR) is 72.9 cm³/mol. The zero-order valence-corrected chi connectivity index (χ0v) is 10.6. The second kappa shape index (κ2) is 5.04. The summed E-state index contributed by atoms with van der Waals surface area (Å²) in [6, 6.07) is 4.25. The summed E-state index contributed by atoms with van der Waals surface area (Å²) in [7, 11) is 0. The van der Waals surface area contributed by atoms with Crippen molar-refractivity contribution in [1.29, 1.82) is 0 Å². The zero-order chi connectivity index (χ0) is 14.8. The molecule has 9 nitrogen and oxygen atoms in total. The van der Waals surface area contributed by atoms with Crippen LogP contribution in [0.15, 0.2) is 34.0 Å². The first-order valence-electron chi connectivity index (χ1n) is 5.91. The fourth-order valence-electron chi connectivity index (χ4n) is 1.76. The van der Waals surface area contributed by atoms with Crippen molar-refractivity contribution in [2.24, 2.45) is 0 Å². The first kappa shape index (κ1) is 12.8. The van der Waals surface area contributed by atoms with Gasteiger partial charge in [-0.3, -0.25) is 9.78 Å². The molecule has 2 amide bonds. The van der Waals surface area contributed by atoms with E-state index < -0.39 is 17.3 Å². The fraction of sp³-hybridized carbons (Fsp3) is 0.0833. The summed E-state index contributed by atoms with van der Waals surface area (Å²) >= 11 is 0. The van der Waals surface area contributed by atoms with Crippen molar-refractivity contribution in [2.75, 3.05) is 17.4 Å². The van der Waals surface area contributed by atoms with Gasteiger partial charge in [0.15, 0.2) is 11.5 Å². The van der Waals surface area contributed by atoms with Crippen LogP contribution in [0.25, 0.3) is 0 Å². The number of hydrogen-bond donors (Lipinski definition) is 4. The molecule has 1 aromatic heterocycles. The lowest BCUT2D eigenvalue weighted by Crippen LogP contribution is -2.28. The first-order valence-corrected chi connectivity index (χ1v) is 5.91. The van der Waals surface area contributed by atoms with Crippen molar-refractivity contribution in [1.82, 2.24) is 9.97 Å². The van der Waals surface area contributed by atoms with Crippen LogP contribution in [0.5, 0.6) is 11.5 Å². The van der Waals surface area contributed by atoms with Crippen LogP contribution in [0.2, 0.25) is 0 Å². The maximum absolute atomic E-state index is 11.8. The molecule has 0 bridgehead atoms. The molecule has 21 heavy (non-hydrogen) atoms. The van der Waals surface area contributed by atoms with E-state index in [-0.39, 0.29) is 12.5 Å². The average molecular weight is 290 g/mol. The van der Waals surface area contributed by atoms with Crippen molar-refractivity contribution >= 4 is 17.4 Å². The van der Waals surface area contributed by atoms with E-state index in [2.05, 4.69) is 15.6 Å². The number of aromatic amines is 2. The number of nitrogens with one attached hydrogen (secondary N) is 4. The van der Waals surface area contributed by atoms with Gasteiger partial charge >= 0.3 is 11.7 Å². The highest BCUT2D eigenvalue weighted by Gasteiger charge is 2.14. The fourth-order valence-corrected chi connectivity index (χ4v) is 1.76. The Hall–Kier alpha value is -3.23. The van der Waals surface area contributed by atoms with E-state index in [1.807, 2.05) is 4.98 Å². The smallest absolute Gasteiger partial charge is 0.325 e. The van der Waals surface area contributed by atoms with Crippen molar-refractivity contribution in [3.8, 4) is 11.5 Å². The molecule has 0 fully saturated rings. The van der Waals surface area contributed by atoms with E-state index in [4.69, 9.17) is 9.47 Å². The van der Waals surface area contributed by atoms with Crippen molar-refractivity contribution in [2.45, 2.75) is 0 Å². The molecule has 1 aliphatic heterocycles. The Morgan fingerprint density at radius 2 is 1.95 bits per heavy atom. The molecule has 1 aromatic carbocycles. The molecular formula is C12H10N4O5. The number of hydrogen-bond acceptors (Lipinski definition) is 5. The van der Waals surface area contributed by atoms with E-state index >= 15 is 0 Å². The van der Waals surface area contributed by atoms with Gasteiger partial charge in [0, 0.05) is 18.0 Å². The standard InChI is InChI=1S/C12H10N4O5/c17-10-7(4-13-11(18)16-10)15-12(19)14-6-1-2-8-9(3-6)21-5-20-8/h1-4H,5H2,(H2,14,15,19)(H2,13,16,17,18). The van der Waals surface area contributed by atoms with Crippen molar-refractivity contribution < 1.29 is 14.3 Å². The van der Waals surface area contributed by atoms with E-state index in [0.717, 1.165) is 6.20 Å². The van der Waals surface area contributed by atoms with Crippen LogP contribution in [-0.4, -0.2) is 22.8 Å². The lowest BCUT2D eigenvalue weighted by atomic mass is 10.3. The Kier molecular flexibility index (Phi) is 3.07. The summed E-state index contributed by atoms with van der Waals surface area (Å²) in [6.07, 6.45) is 1.11. The number of benzene rings is 1. The molecule has 0 saturated heterocycles. The zero-order valence-electron chi connectivity index (χ0n) is 10.6. The first-order chi connectivity index (χ1) is 10.1. The minimum absolute atomic E-state index is 0.0761. The highest BCUT2D eigenvalue weighted by Crippen LogP contribution is 2.34. The number of H-pyrrole nitrogens is 2. The second-order valence-electron chi connectivity index (χ2n) is 4.13. The molecule has 0 unspecified atom stereocenters. The molecule has 108 valence electrons. The summed E-state index contributed by atoms with van der Waals surface area (Å²) in [4.78, 5) is 38.3. The number of amides is 2. The number of aromatic nitrogens is 2. The van der Waals surface area contributed by atoms with Gasteiger partial charge in [-0.25, -0.2) is 9.59 Å². The quantitative estimate of drug-likeness (QED) is 0.638. The largest absolute Gasteiger partial charge is 0.454 e. The molecule has 9 heteroatoms. The lowest BCUT2D eigenvalue weighted by molar-refractivity contribution is 0.174. The number of rotatable bonds is 2. The van der Waals surface area contributed by atoms with Crippen LogP contribution < -0.4 is 31.4 Å². The van der Waals surface area contributed by atoms with Crippen LogP contribution in [0.1, 0.15) is 0 Å². The van der Waals surface area contributed by atoms with Gasteiger partial charge in [-0.15, -0.1) is 0 Å². The number of anilines is 2. The van der Waals surface area contributed by atoms with Gasteiger partial charge in [0.2, 0.25) is 6.79 Å². The average Bonchev–Trinajstić information content (AvgIpc) is 2.89. The van der Waals surface area contributed by atoms with E-state index in [1.54, 1.807) is 18.2 Å². The number of urea groups is 1. The molecule has 1 aliphatic rings. The van der Waals surface area contributed by atoms with Crippen LogP contribution >= 0.6 is 0 Å².